The minimum atomic E-state index is 1.01. The molecule has 0 radical (unpaired) electrons. The first-order valence-corrected chi connectivity index (χ1v) is 17.8. The molecule has 9 aromatic rings. The van der Waals surface area contributed by atoms with Crippen molar-refractivity contribution < 1.29 is 0 Å². The second-order valence-corrected chi connectivity index (χ2v) is 14.4. The Morgan fingerprint density at radius 2 is 0.917 bits per heavy atom. The molecular weight excluding hydrogens is 619 g/mol. The molecule has 2 heterocycles. The summed E-state index contributed by atoms with van der Waals surface area (Å²) >= 11 is 3.76. The number of hydrogen-bond donors (Lipinski definition) is 0. The van der Waals surface area contributed by atoms with E-state index in [0.29, 0.717) is 0 Å². The van der Waals surface area contributed by atoms with Gasteiger partial charge in [0.2, 0.25) is 0 Å². The summed E-state index contributed by atoms with van der Waals surface area (Å²) in [7, 11) is 0. The van der Waals surface area contributed by atoms with Crippen molar-refractivity contribution in [3.8, 4) is 33.4 Å². The van der Waals surface area contributed by atoms with Crippen LogP contribution in [0.5, 0.6) is 0 Å². The fourth-order valence-electron chi connectivity index (χ4n) is 7.38. The van der Waals surface area contributed by atoms with E-state index in [1.807, 2.05) is 35.8 Å². The van der Waals surface area contributed by atoms with Crippen molar-refractivity contribution in [3.63, 3.8) is 0 Å². The molecule has 1 nitrogen and oxygen atoms in total. The second kappa shape index (κ2) is 11.1. The standard InChI is InChI=1S/C45H27NS2/c1-2-12-34-32(10-1)33-11-3-4-13-35(33)40-27-29(22-24-36(34)40)31-23-21-28(30-14-7-17-41-37(30)16-9-25-46-41)26-39(31)38-15-8-20-44-45(38)48-43-19-6-5-18-42(43)47-44/h1-27H. The van der Waals surface area contributed by atoms with Crippen LogP contribution < -0.4 is 0 Å². The maximum atomic E-state index is 4.66. The molecule has 0 atom stereocenters. The highest BCUT2D eigenvalue weighted by molar-refractivity contribution is 8.05. The van der Waals surface area contributed by atoms with E-state index < -0.39 is 0 Å². The van der Waals surface area contributed by atoms with Gasteiger partial charge in [0, 0.05) is 31.2 Å². The van der Waals surface area contributed by atoms with Gasteiger partial charge in [0.15, 0.2) is 0 Å². The van der Waals surface area contributed by atoms with Crippen molar-refractivity contribution in [2.45, 2.75) is 19.6 Å². The SMILES string of the molecule is c1ccc2c(c1)Sc1cccc(-c3cc(-c4cccc5ncccc45)ccc3-c3ccc4c5ccccc5c5ccccc5c4c3)c1S2. The Morgan fingerprint density at radius 1 is 0.333 bits per heavy atom. The first-order chi connectivity index (χ1) is 23.8. The zero-order valence-electron chi connectivity index (χ0n) is 25.9. The third-order valence-corrected chi connectivity index (χ3v) is 12.2. The van der Waals surface area contributed by atoms with Crippen molar-refractivity contribution in [1.29, 1.82) is 0 Å². The van der Waals surface area contributed by atoms with Crippen LogP contribution in [0.25, 0.3) is 76.6 Å². The van der Waals surface area contributed by atoms with E-state index in [9.17, 15) is 0 Å². The lowest BCUT2D eigenvalue weighted by Crippen LogP contribution is -1.95. The van der Waals surface area contributed by atoms with Gasteiger partial charge in [-0.2, -0.15) is 0 Å². The summed E-state index contributed by atoms with van der Waals surface area (Å²) in [5.74, 6) is 0. The highest BCUT2D eigenvalue weighted by Crippen LogP contribution is 2.53. The lowest BCUT2D eigenvalue weighted by Gasteiger charge is -2.23. The number of nitrogens with zero attached hydrogens (tertiary/aromatic N) is 1. The molecule has 1 aliphatic heterocycles. The maximum Gasteiger partial charge on any atom is 0.0708 e. The van der Waals surface area contributed by atoms with Crippen molar-refractivity contribution in [2.24, 2.45) is 0 Å². The van der Waals surface area contributed by atoms with Crippen LogP contribution in [0.4, 0.5) is 0 Å². The van der Waals surface area contributed by atoms with Gasteiger partial charge in [0.05, 0.1) is 5.52 Å². The molecule has 10 rings (SSSR count). The fourth-order valence-corrected chi connectivity index (χ4v) is 9.77. The Labute approximate surface area is 287 Å². The lowest BCUT2D eigenvalue weighted by atomic mass is 9.88. The molecule has 0 saturated heterocycles. The maximum absolute atomic E-state index is 4.66. The number of aromatic nitrogens is 1. The Balaban J connectivity index is 1.24. The van der Waals surface area contributed by atoms with Gasteiger partial charge in [-0.15, -0.1) is 0 Å². The van der Waals surface area contributed by atoms with Gasteiger partial charge in [-0.1, -0.05) is 139 Å². The molecule has 0 aliphatic carbocycles. The van der Waals surface area contributed by atoms with Crippen molar-refractivity contribution in [1.82, 2.24) is 4.98 Å². The molecule has 224 valence electrons. The molecule has 0 bridgehead atoms. The molecule has 0 fully saturated rings. The molecule has 1 aromatic heterocycles. The van der Waals surface area contributed by atoms with E-state index >= 15 is 0 Å². The Kier molecular flexibility index (Phi) is 6.43. The van der Waals surface area contributed by atoms with Crippen molar-refractivity contribution in [2.75, 3.05) is 0 Å². The predicted octanol–water partition coefficient (Wildman–Crippen LogP) is 13.3. The van der Waals surface area contributed by atoms with Crippen LogP contribution in [0.1, 0.15) is 0 Å². The van der Waals surface area contributed by atoms with Gasteiger partial charge in [0.25, 0.3) is 0 Å². The number of pyridine rings is 1. The highest BCUT2D eigenvalue weighted by atomic mass is 32.2. The van der Waals surface area contributed by atoms with Gasteiger partial charge < -0.3 is 0 Å². The number of benzene rings is 8. The number of fused-ring (bicyclic) bond motifs is 9. The van der Waals surface area contributed by atoms with Crippen molar-refractivity contribution >= 4 is 66.7 Å². The summed E-state index contributed by atoms with van der Waals surface area (Å²) < 4.78 is 0. The zero-order valence-corrected chi connectivity index (χ0v) is 27.5. The molecule has 8 aromatic carbocycles. The van der Waals surface area contributed by atoms with Crippen LogP contribution >= 0.6 is 23.5 Å². The average Bonchev–Trinajstić information content (AvgIpc) is 3.16. The second-order valence-electron chi connectivity index (χ2n) is 12.3. The topological polar surface area (TPSA) is 12.9 Å². The molecular formula is C45H27NS2. The summed E-state index contributed by atoms with van der Waals surface area (Å²) in [5, 5.41) is 8.91. The van der Waals surface area contributed by atoms with Crippen LogP contribution in [0, 0.1) is 0 Å². The van der Waals surface area contributed by atoms with Gasteiger partial charge >= 0.3 is 0 Å². The Bertz CT molecular complexity index is 2710. The minimum Gasteiger partial charge on any atom is -0.256 e. The molecule has 48 heavy (non-hydrogen) atoms. The predicted molar refractivity (Wildman–Crippen MR) is 205 cm³/mol. The van der Waals surface area contributed by atoms with Gasteiger partial charge in [-0.3, -0.25) is 4.98 Å². The van der Waals surface area contributed by atoms with Gasteiger partial charge in [0.1, 0.15) is 0 Å². The van der Waals surface area contributed by atoms with Gasteiger partial charge in [-0.25, -0.2) is 0 Å². The third kappa shape index (κ3) is 4.39. The van der Waals surface area contributed by atoms with E-state index in [-0.39, 0.29) is 0 Å². The summed E-state index contributed by atoms with van der Waals surface area (Å²) in [6, 6.07) is 57.9. The normalized spacial score (nSPS) is 12.4. The van der Waals surface area contributed by atoms with Crippen LogP contribution in [-0.2, 0) is 0 Å². The molecule has 3 heteroatoms. The first kappa shape index (κ1) is 27.7. The minimum absolute atomic E-state index is 1.01. The summed E-state index contributed by atoms with van der Waals surface area (Å²) in [6.45, 7) is 0. The fraction of sp³-hybridized carbons (Fsp3) is 0. The van der Waals surface area contributed by atoms with Gasteiger partial charge in [-0.05, 0) is 108 Å². The van der Waals surface area contributed by atoms with E-state index in [0.717, 1.165) is 10.9 Å². The zero-order chi connectivity index (χ0) is 31.6. The lowest BCUT2D eigenvalue weighted by molar-refractivity contribution is 1.16. The molecule has 0 saturated carbocycles. The van der Waals surface area contributed by atoms with E-state index in [2.05, 4.69) is 157 Å². The quantitative estimate of drug-likeness (QED) is 0.177. The van der Waals surface area contributed by atoms with Crippen molar-refractivity contribution in [3.05, 3.63) is 164 Å². The van der Waals surface area contributed by atoms with E-state index in [1.54, 1.807) is 0 Å². The summed E-state index contributed by atoms with van der Waals surface area (Å²) in [6.07, 6.45) is 1.87. The Hall–Kier alpha value is -5.35. The molecule has 0 amide bonds. The average molecular weight is 646 g/mol. The summed E-state index contributed by atoms with van der Waals surface area (Å²) in [4.78, 5) is 9.91. The molecule has 0 unspecified atom stereocenters. The van der Waals surface area contributed by atoms with Crippen LogP contribution in [-0.4, -0.2) is 4.98 Å². The molecule has 0 spiro atoms. The Morgan fingerprint density at radius 3 is 1.71 bits per heavy atom. The third-order valence-electron chi connectivity index (χ3n) is 9.58. The summed E-state index contributed by atoms with van der Waals surface area (Å²) in [5.41, 5.74) is 8.34. The molecule has 1 aliphatic rings. The monoisotopic (exact) mass is 645 g/mol. The molecule has 0 N–H and O–H groups in total. The van der Waals surface area contributed by atoms with Crippen LogP contribution in [0.15, 0.2) is 184 Å². The highest BCUT2D eigenvalue weighted by Gasteiger charge is 2.22. The smallest absolute Gasteiger partial charge is 0.0708 e. The van der Waals surface area contributed by atoms with E-state index in [4.69, 9.17) is 0 Å². The number of hydrogen-bond acceptors (Lipinski definition) is 3. The van der Waals surface area contributed by atoms with E-state index in [1.165, 1.54) is 85.3 Å². The first-order valence-electron chi connectivity index (χ1n) is 16.2. The number of rotatable bonds is 3. The van der Waals surface area contributed by atoms with Crippen LogP contribution in [0.2, 0.25) is 0 Å². The largest absolute Gasteiger partial charge is 0.256 e. The van der Waals surface area contributed by atoms with Crippen LogP contribution in [0.3, 0.4) is 0 Å².